The molecule has 0 radical (unpaired) electrons. The molecule has 0 saturated carbocycles. The maximum atomic E-state index is 10.3. The van der Waals surface area contributed by atoms with Gasteiger partial charge in [0.25, 0.3) is 0 Å². The lowest BCUT2D eigenvalue weighted by molar-refractivity contribution is 0.00868. The van der Waals surface area contributed by atoms with E-state index in [9.17, 15) is 5.26 Å². The molecule has 0 aromatic heterocycles. The van der Waals surface area contributed by atoms with Crippen LogP contribution in [-0.2, 0) is 13.0 Å². The van der Waals surface area contributed by atoms with Gasteiger partial charge in [0.05, 0.1) is 38.9 Å². The monoisotopic (exact) mass is 538 g/mol. The summed E-state index contributed by atoms with van der Waals surface area (Å²) >= 11 is 0. The summed E-state index contributed by atoms with van der Waals surface area (Å²) < 4.78 is 36.0. The number of para-hydroxylation sites is 2. The fourth-order valence-electron chi connectivity index (χ4n) is 5.91. The lowest BCUT2D eigenvalue weighted by Crippen LogP contribution is -2.44. The summed E-state index contributed by atoms with van der Waals surface area (Å²) in [7, 11) is 5.41. The van der Waals surface area contributed by atoms with E-state index in [1.165, 1.54) is 0 Å². The molecule has 2 aromatic rings. The Hall–Kier alpha value is -3.31. The van der Waals surface area contributed by atoms with Crippen molar-refractivity contribution in [3.05, 3.63) is 35.4 Å². The van der Waals surface area contributed by atoms with Crippen LogP contribution in [0.5, 0.6) is 34.5 Å². The summed E-state index contributed by atoms with van der Waals surface area (Å²) in [5.41, 5.74) is 1.58. The quantitative estimate of drug-likeness (QED) is 0.336. The SMILES string of the molecule is CCOc1c2c(c(OCC)c(OC)c1OC)CN(C)C(CCCC(C#N)(CC)C1COc3ccccc3O1)C2. The van der Waals surface area contributed by atoms with Crippen molar-refractivity contribution < 1.29 is 28.4 Å². The maximum absolute atomic E-state index is 10.3. The van der Waals surface area contributed by atoms with Gasteiger partial charge in [-0.05, 0) is 58.7 Å². The van der Waals surface area contributed by atoms with E-state index in [1.807, 2.05) is 38.1 Å². The second-order valence-electron chi connectivity index (χ2n) is 10.2. The molecule has 3 atom stereocenters. The van der Waals surface area contributed by atoms with E-state index >= 15 is 0 Å². The average Bonchev–Trinajstić information content (AvgIpc) is 2.96. The fraction of sp³-hybridized carbons (Fsp3) is 0.581. The van der Waals surface area contributed by atoms with E-state index < -0.39 is 5.41 Å². The van der Waals surface area contributed by atoms with Gasteiger partial charge in [-0.3, -0.25) is 4.90 Å². The van der Waals surface area contributed by atoms with Crippen molar-refractivity contribution >= 4 is 0 Å². The van der Waals surface area contributed by atoms with E-state index in [4.69, 9.17) is 28.4 Å². The van der Waals surface area contributed by atoms with Gasteiger partial charge in [0.2, 0.25) is 11.5 Å². The van der Waals surface area contributed by atoms with Crippen LogP contribution in [0.2, 0.25) is 0 Å². The van der Waals surface area contributed by atoms with Crippen LogP contribution in [0.15, 0.2) is 24.3 Å². The van der Waals surface area contributed by atoms with Crippen molar-refractivity contribution in [2.45, 2.75) is 71.6 Å². The third-order valence-electron chi connectivity index (χ3n) is 8.13. The summed E-state index contributed by atoms with van der Waals surface area (Å²) in [5.74, 6) is 4.07. The Morgan fingerprint density at radius 1 is 0.974 bits per heavy atom. The Labute approximate surface area is 232 Å². The molecule has 0 fully saturated rings. The first-order valence-electron chi connectivity index (χ1n) is 14.0. The number of methoxy groups -OCH3 is 2. The number of nitrogens with zero attached hydrogens (tertiary/aromatic N) is 2. The van der Waals surface area contributed by atoms with Crippen LogP contribution in [0.3, 0.4) is 0 Å². The van der Waals surface area contributed by atoms with E-state index in [-0.39, 0.29) is 12.1 Å². The third kappa shape index (κ3) is 5.56. The van der Waals surface area contributed by atoms with Crippen LogP contribution in [0.1, 0.15) is 57.6 Å². The van der Waals surface area contributed by atoms with Crippen molar-refractivity contribution in [3.8, 4) is 40.6 Å². The molecular weight excluding hydrogens is 496 g/mol. The first-order valence-corrected chi connectivity index (χ1v) is 14.0. The normalized spacial score (nSPS) is 19.8. The number of fused-ring (bicyclic) bond motifs is 2. The highest BCUT2D eigenvalue weighted by Gasteiger charge is 2.42. The molecule has 212 valence electrons. The zero-order valence-corrected chi connectivity index (χ0v) is 24.2. The van der Waals surface area contributed by atoms with Crippen LogP contribution in [0.4, 0.5) is 0 Å². The van der Waals surface area contributed by atoms with Gasteiger partial charge in [0.1, 0.15) is 6.61 Å². The second kappa shape index (κ2) is 12.7. The van der Waals surface area contributed by atoms with Crippen molar-refractivity contribution in [1.29, 1.82) is 5.26 Å². The standard InChI is InChI=1S/C31H42N2O6/c1-7-31(20-32,26-19-38-24-14-10-11-15-25(24)39-26)16-12-13-21-17-22-23(18-33(21)4)28(37-9-3)30(35-6)29(34-5)27(22)36-8-2/h10-11,14-15,21,26H,7-9,12-13,16-19H2,1-6H3. The summed E-state index contributed by atoms with van der Waals surface area (Å²) in [5, 5.41) is 10.3. The van der Waals surface area contributed by atoms with Gasteiger partial charge in [-0.15, -0.1) is 0 Å². The molecule has 2 aliphatic heterocycles. The molecule has 0 N–H and O–H groups in total. The van der Waals surface area contributed by atoms with Gasteiger partial charge in [-0.1, -0.05) is 25.5 Å². The average molecular weight is 539 g/mol. The predicted octanol–water partition coefficient (Wildman–Crippen LogP) is 5.79. The van der Waals surface area contributed by atoms with Gasteiger partial charge < -0.3 is 28.4 Å². The first-order chi connectivity index (χ1) is 19.0. The molecule has 2 aromatic carbocycles. The Balaban J connectivity index is 1.54. The zero-order chi connectivity index (χ0) is 28.0. The number of ether oxygens (including phenoxy) is 6. The summed E-state index contributed by atoms with van der Waals surface area (Å²) in [4.78, 5) is 2.36. The number of likely N-dealkylation sites (N-methyl/N-ethyl adjacent to an activating group) is 1. The molecule has 2 heterocycles. The fourth-order valence-corrected chi connectivity index (χ4v) is 5.91. The molecule has 4 rings (SSSR count). The minimum atomic E-state index is -0.617. The molecule has 2 aliphatic rings. The molecule has 8 nitrogen and oxygen atoms in total. The van der Waals surface area contributed by atoms with Crippen LogP contribution in [0.25, 0.3) is 0 Å². The van der Waals surface area contributed by atoms with Crippen molar-refractivity contribution in [2.24, 2.45) is 5.41 Å². The number of nitriles is 1. The van der Waals surface area contributed by atoms with E-state index in [0.717, 1.165) is 54.1 Å². The molecule has 0 aliphatic carbocycles. The van der Waals surface area contributed by atoms with Gasteiger partial charge in [0.15, 0.2) is 29.1 Å². The molecule has 0 amide bonds. The summed E-state index contributed by atoms with van der Waals surface area (Å²) in [6.45, 7) is 8.16. The Kier molecular flexibility index (Phi) is 9.34. The minimum Gasteiger partial charge on any atom is -0.490 e. The topological polar surface area (TPSA) is 82.4 Å². The molecule has 0 bridgehead atoms. The van der Waals surface area contributed by atoms with E-state index in [1.54, 1.807) is 14.2 Å². The van der Waals surface area contributed by atoms with Crippen LogP contribution in [-0.4, -0.2) is 58.1 Å². The third-order valence-corrected chi connectivity index (χ3v) is 8.13. The van der Waals surface area contributed by atoms with Gasteiger partial charge in [0, 0.05) is 23.7 Å². The maximum Gasteiger partial charge on any atom is 0.207 e. The molecule has 8 heteroatoms. The van der Waals surface area contributed by atoms with Gasteiger partial charge in [-0.2, -0.15) is 5.26 Å². The highest BCUT2D eigenvalue weighted by Crippen LogP contribution is 2.52. The molecule has 0 spiro atoms. The number of benzene rings is 2. The molecule has 3 unspecified atom stereocenters. The number of hydrogen-bond donors (Lipinski definition) is 0. The lowest BCUT2D eigenvalue weighted by atomic mass is 9.75. The predicted molar refractivity (Wildman–Crippen MR) is 149 cm³/mol. The van der Waals surface area contributed by atoms with Crippen LogP contribution < -0.4 is 28.4 Å². The molecule has 39 heavy (non-hydrogen) atoms. The Morgan fingerprint density at radius 2 is 1.62 bits per heavy atom. The van der Waals surface area contributed by atoms with Crippen LogP contribution >= 0.6 is 0 Å². The van der Waals surface area contributed by atoms with Crippen LogP contribution in [0, 0.1) is 16.7 Å². The summed E-state index contributed by atoms with van der Waals surface area (Å²) in [6.07, 6.45) is 3.76. The summed E-state index contributed by atoms with van der Waals surface area (Å²) in [6, 6.07) is 10.6. The van der Waals surface area contributed by atoms with Crippen molar-refractivity contribution in [3.63, 3.8) is 0 Å². The Morgan fingerprint density at radius 3 is 2.21 bits per heavy atom. The second-order valence-corrected chi connectivity index (χ2v) is 10.2. The number of rotatable bonds is 12. The van der Waals surface area contributed by atoms with E-state index in [0.29, 0.717) is 50.0 Å². The highest BCUT2D eigenvalue weighted by atomic mass is 16.6. The number of hydrogen-bond acceptors (Lipinski definition) is 8. The Bertz CT molecular complexity index is 1180. The van der Waals surface area contributed by atoms with E-state index in [2.05, 4.69) is 24.9 Å². The molecule has 0 saturated heterocycles. The lowest BCUT2D eigenvalue weighted by Gasteiger charge is -2.39. The van der Waals surface area contributed by atoms with Gasteiger partial charge in [-0.25, -0.2) is 0 Å². The first kappa shape index (κ1) is 28.7. The minimum absolute atomic E-state index is 0.279. The zero-order valence-electron chi connectivity index (χ0n) is 24.2. The van der Waals surface area contributed by atoms with Gasteiger partial charge >= 0.3 is 0 Å². The smallest absolute Gasteiger partial charge is 0.207 e. The largest absolute Gasteiger partial charge is 0.490 e. The van der Waals surface area contributed by atoms with Crippen molar-refractivity contribution in [1.82, 2.24) is 4.90 Å². The van der Waals surface area contributed by atoms with Crippen molar-refractivity contribution in [2.75, 3.05) is 41.1 Å². The molecular formula is C31H42N2O6. The highest BCUT2D eigenvalue weighted by molar-refractivity contribution is 5.68.